The highest BCUT2D eigenvalue weighted by atomic mass is 35.5. The Labute approximate surface area is 160 Å². The highest BCUT2D eigenvalue weighted by Gasteiger charge is 2.59. The molecule has 2 fully saturated rings. The average molecular weight is 389 g/mol. The summed E-state index contributed by atoms with van der Waals surface area (Å²) in [5.41, 5.74) is 0.601. The molecule has 1 saturated heterocycles. The van der Waals surface area contributed by atoms with Crippen LogP contribution in [0.3, 0.4) is 0 Å². The van der Waals surface area contributed by atoms with Gasteiger partial charge >= 0.3 is 5.97 Å². The summed E-state index contributed by atoms with van der Waals surface area (Å²) in [4.78, 5) is 36.3. The Bertz CT molecular complexity index is 851. The van der Waals surface area contributed by atoms with Gasteiger partial charge in [0.25, 0.3) is 11.8 Å². The van der Waals surface area contributed by atoms with Crippen LogP contribution in [0.15, 0.2) is 35.5 Å². The zero-order chi connectivity index (χ0) is 19.1. The minimum absolute atomic E-state index is 0.150. The van der Waals surface area contributed by atoms with Gasteiger partial charge < -0.3 is 9.47 Å². The first-order chi connectivity index (χ1) is 13.0. The fourth-order valence-corrected chi connectivity index (χ4v) is 4.28. The summed E-state index contributed by atoms with van der Waals surface area (Å²) in [5.74, 6) is -0.912. The first kappa shape index (κ1) is 17.7. The lowest BCUT2D eigenvalue weighted by atomic mass is 9.85. The number of carbonyl (C=O) groups is 3. The summed E-state index contributed by atoms with van der Waals surface area (Å²) in [7, 11) is 1.27. The molecule has 0 spiro atoms. The molecule has 2 aliphatic carbocycles. The molecule has 0 aromatic heterocycles. The van der Waals surface area contributed by atoms with Crippen molar-refractivity contribution in [2.24, 2.45) is 28.8 Å². The zero-order valence-corrected chi connectivity index (χ0v) is 15.3. The highest BCUT2D eigenvalue weighted by molar-refractivity contribution is 6.32. The van der Waals surface area contributed by atoms with Crippen LogP contribution in [-0.2, 0) is 19.1 Å². The molecule has 1 aliphatic heterocycles. The Hall–Kier alpha value is -2.67. The summed E-state index contributed by atoms with van der Waals surface area (Å²) in [5, 5.41) is 5.36. The van der Waals surface area contributed by atoms with Crippen LogP contribution in [-0.4, -0.2) is 42.7 Å². The monoisotopic (exact) mass is 388 g/mol. The van der Waals surface area contributed by atoms with Crippen molar-refractivity contribution < 1.29 is 23.9 Å². The first-order valence-corrected chi connectivity index (χ1v) is 8.96. The number of fused-ring (bicyclic) bond motifs is 5. The summed E-state index contributed by atoms with van der Waals surface area (Å²) >= 11 is 6.14. The number of nitrogens with zero attached hydrogens (tertiary/aromatic N) is 2. The van der Waals surface area contributed by atoms with Crippen LogP contribution in [0.1, 0.15) is 12.0 Å². The third-order valence-corrected chi connectivity index (χ3v) is 5.59. The number of halogens is 1. The van der Waals surface area contributed by atoms with Crippen molar-refractivity contribution in [3.63, 3.8) is 0 Å². The maximum absolute atomic E-state index is 12.6. The second-order valence-electron chi connectivity index (χ2n) is 6.79. The van der Waals surface area contributed by atoms with Gasteiger partial charge in [-0.15, -0.1) is 0 Å². The van der Waals surface area contributed by atoms with Crippen molar-refractivity contribution in [2.45, 2.75) is 6.42 Å². The first-order valence-electron chi connectivity index (χ1n) is 8.59. The lowest BCUT2D eigenvalue weighted by Crippen LogP contribution is -2.28. The normalized spacial score (nSPS) is 28.3. The summed E-state index contributed by atoms with van der Waals surface area (Å²) < 4.78 is 9.76. The molecule has 4 atom stereocenters. The number of amides is 2. The fraction of sp³-hybridized carbons (Fsp3) is 0.368. The van der Waals surface area contributed by atoms with E-state index in [9.17, 15) is 14.4 Å². The number of hydrazone groups is 1. The van der Waals surface area contributed by atoms with Gasteiger partial charge in [-0.25, -0.2) is 4.79 Å². The van der Waals surface area contributed by atoms with E-state index in [0.717, 1.165) is 11.4 Å². The average Bonchev–Trinajstić information content (AvgIpc) is 3.33. The van der Waals surface area contributed by atoms with Gasteiger partial charge in [0.05, 0.1) is 30.2 Å². The molecule has 2 bridgehead atoms. The topological polar surface area (TPSA) is 85.3 Å². The number of esters is 1. The molecule has 8 heteroatoms. The van der Waals surface area contributed by atoms with E-state index in [1.807, 2.05) is 12.2 Å². The predicted octanol–water partition coefficient (Wildman–Crippen LogP) is 2.03. The number of ether oxygens (including phenoxy) is 2. The van der Waals surface area contributed by atoms with Crippen molar-refractivity contribution in [3.05, 3.63) is 40.9 Å². The van der Waals surface area contributed by atoms with Gasteiger partial charge in [0.2, 0.25) is 0 Å². The standard InChI is InChI=1S/C19H17ClN2O5/c1-26-15(23)9-27-14-5-2-10(6-13(14)20)8-21-22-18(24)16-11-3-4-12(7-11)17(16)19(22)25/h2-6,8,11-12,16-17H,7,9H2,1H3/t11-,12-,16-,17+/m0/s1. The minimum atomic E-state index is -0.517. The molecule has 4 rings (SSSR count). The van der Waals surface area contributed by atoms with E-state index in [1.54, 1.807) is 18.2 Å². The number of imide groups is 1. The molecule has 0 N–H and O–H groups in total. The maximum Gasteiger partial charge on any atom is 0.343 e. The smallest absolute Gasteiger partial charge is 0.343 e. The van der Waals surface area contributed by atoms with Crippen molar-refractivity contribution in [2.75, 3.05) is 13.7 Å². The molecule has 1 saturated carbocycles. The summed E-state index contributed by atoms with van der Waals surface area (Å²) in [6.45, 7) is -0.250. The van der Waals surface area contributed by atoms with Gasteiger partial charge in [0.1, 0.15) is 5.75 Å². The van der Waals surface area contributed by atoms with Crippen LogP contribution < -0.4 is 4.74 Å². The second kappa shape index (κ2) is 6.81. The quantitative estimate of drug-likeness (QED) is 0.333. The Morgan fingerprint density at radius 1 is 1.26 bits per heavy atom. The third-order valence-electron chi connectivity index (χ3n) is 5.30. The molecular formula is C19H17ClN2O5. The van der Waals surface area contributed by atoms with E-state index in [2.05, 4.69) is 9.84 Å². The predicted molar refractivity (Wildman–Crippen MR) is 96.1 cm³/mol. The van der Waals surface area contributed by atoms with E-state index >= 15 is 0 Å². The molecule has 0 radical (unpaired) electrons. The maximum atomic E-state index is 12.6. The molecule has 2 amide bonds. The van der Waals surface area contributed by atoms with E-state index in [-0.39, 0.29) is 47.1 Å². The third kappa shape index (κ3) is 3.02. The lowest BCUT2D eigenvalue weighted by molar-refractivity contribution is -0.143. The Kier molecular flexibility index (Phi) is 4.47. The van der Waals surface area contributed by atoms with Gasteiger partial charge in [0, 0.05) is 0 Å². The molecule has 1 heterocycles. The SMILES string of the molecule is COC(=O)COc1ccc(C=NN2C(=O)[C@@H]3[C@H](C2=O)[C@H]2C=C[C@H]3C2)cc1Cl. The lowest BCUT2D eigenvalue weighted by Gasteiger charge is -2.13. The molecule has 0 unspecified atom stereocenters. The highest BCUT2D eigenvalue weighted by Crippen LogP contribution is 2.52. The van der Waals surface area contributed by atoms with Crippen molar-refractivity contribution in [3.8, 4) is 5.75 Å². The fourth-order valence-electron chi connectivity index (χ4n) is 4.03. The molecule has 27 heavy (non-hydrogen) atoms. The number of hydrogen-bond acceptors (Lipinski definition) is 6. The van der Waals surface area contributed by atoms with Crippen LogP contribution in [0.25, 0.3) is 0 Å². The van der Waals surface area contributed by atoms with E-state index in [0.29, 0.717) is 11.3 Å². The Morgan fingerprint density at radius 2 is 1.93 bits per heavy atom. The van der Waals surface area contributed by atoms with Crippen LogP contribution in [0.4, 0.5) is 0 Å². The molecule has 7 nitrogen and oxygen atoms in total. The van der Waals surface area contributed by atoms with Crippen molar-refractivity contribution in [1.29, 1.82) is 0 Å². The number of methoxy groups -OCH3 is 1. The van der Waals surface area contributed by atoms with Crippen LogP contribution >= 0.6 is 11.6 Å². The second-order valence-corrected chi connectivity index (χ2v) is 7.19. The van der Waals surface area contributed by atoms with Crippen LogP contribution in [0.5, 0.6) is 5.75 Å². The van der Waals surface area contributed by atoms with Gasteiger partial charge in [-0.3, -0.25) is 9.59 Å². The summed E-state index contributed by atoms with van der Waals surface area (Å²) in [6.07, 6.45) is 6.38. The van der Waals surface area contributed by atoms with E-state index in [1.165, 1.54) is 13.3 Å². The van der Waals surface area contributed by atoms with Crippen molar-refractivity contribution >= 4 is 35.6 Å². The number of rotatable bonds is 5. The number of benzene rings is 1. The van der Waals surface area contributed by atoms with Crippen molar-refractivity contribution in [1.82, 2.24) is 5.01 Å². The van der Waals surface area contributed by atoms with Gasteiger partial charge in [0.15, 0.2) is 6.61 Å². The Balaban J connectivity index is 1.46. The largest absolute Gasteiger partial charge is 0.480 e. The van der Waals surface area contributed by atoms with Crippen LogP contribution in [0.2, 0.25) is 5.02 Å². The molecule has 1 aromatic carbocycles. The van der Waals surface area contributed by atoms with E-state index in [4.69, 9.17) is 16.3 Å². The van der Waals surface area contributed by atoms with Gasteiger partial charge in [-0.2, -0.15) is 10.1 Å². The molecule has 1 aromatic rings. The molecule has 3 aliphatic rings. The molecule has 140 valence electrons. The zero-order valence-electron chi connectivity index (χ0n) is 14.5. The summed E-state index contributed by atoms with van der Waals surface area (Å²) in [6, 6.07) is 4.83. The number of carbonyl (C=O) groups excluding carboxylic acids is 3. The Morgan fingerprint density at radius 3 is 2.52 bits per heavy atom. The van der Waals surface area contributed by atoms with Crippen LogP contribution in [0, 0.1) is 23.7 Å². The number of allylic oxidation sites excluding steroid dienone is 2. The number of hydrogen-bond donors (Lipinski definition) is 0. The van der Waals surface area contributed by atoms with Gasteiger partial charge in [-0.05, 0) is 42.0 Å². The van der Waals surface area contributed by atoms with E-state index < -0.39 is 5.97 Å². The molecular weight excluding hydrogens is 372 g/mol. The minimum Gasteiger partial charge on any atom is -0.480 e. The van der Waals surface area contributed by atoms with Gasteiger partial charge in [-0.1, -0.05) is 23.8 Å².